The number of amides is 1. The quantitative estimate of drug-likeness (QED) is 0.884. The van der Waals surface area contributed by atoms with E-state index in [2.05, 4.69) is 32.9 Å². The van der Waals surface area contributed by atoms with Crippen molar-refractivity contribution >= 4 is 6.09 Å². The number of carbonyl (C=O) groups is 1. The molecule has 1 saturated heterocycles. The minimum Gasteiger partial charge on any atom is -0.465 e. The summed E-state index contributed by atoms with van der Waals surface area (Å²) in [6, 6.07) is 10.4. The Kier molecular flexibility index (Phi) is 4.86. The zero-order valence-electron chi connectivity index (χ0n) is 14.9. The standard InChI is InChI=1S/C20H29NO3/c1-20(2,3)18-12-9-15-16(21(18)19(22)23)10-11-17(15)24-13-14-7-5-4-6-8-14/h4-8,15-18H,9-13H2,1-3H3,(H,22,23). The van der Waals surface area contributed by atoms with Crippen LogP contribution in [0.4, 0.5) is 4.79 Å². The molecule has 0 spiro atoms. The highest BCUT2D eigenvalue weighted by Crippen LogP contribution is 2.45. The number of hydrogen-bond donors (Lipinski definition) is 1. The molecule has 4 heteroatoms. The molecule has 4 atom stereocenters. The predicted octanol–water partition coefficient (Wildman–Crippen LogP) is 4.54. The first-order chi connectivity index (χ1) is 11.4. The zero-order chi connectivity index (χ0) is 17.3. The van der Waals surface area contributed by atoms with E-state index in [1.54, 1.807) is 4.90 Å². The minimum absolute atomic E-state index is 0.0215. The van der Waals surface area contributed by atoms with Gasteiger partial charge in [-0.25, -0.2) is 4.79 Å². The van der Waals surface area contributed by atoms with Gasteiger partial charge >= 0.3 is 6.09 Å². The maximum atomic E-state index is 11.9. The van der Waals surface area contributed by atoms with Gasteiger partial charge < -0.3 is 14.7 Å². The monoisotopic (exact) mass is 331 g/mol. The number of rotatable bonds is 3. The molecule has 1 N–H and O–H groups in total. The first-order valence-electron chi connectivity index (χ1n) is 9.04. The van der Waals surface area contributed by atoms with Gasteiger partial charge in [0, 0.05) is 18.0 Å². The van der Waals surface area contributed by atoms with E-state index in [4.69, 9.17) is 4.74 Å². The van der Waals surface area contributed by atoms with Crippen molar-refractivity contribution in [1.29, 1.82) is 0 Å². The summed E-state index contributed by atoms with van der Waals surface area (Å²) in [4.78, 5) is 13.7. The average molecular weight is 331 g/mol. The van der Waals surface area contributed by atoms with Crippen LogP contribution in [0.3, 0.4) is 0 Å². The molecule has 4 nitrogen and oxygen atoms in total. The second-order valence-corrected chi connectivity index (χ2v) is 8.29. The van der Waals surface area contributed by atoms with Crippen LogP contribution >= 0.6 is 0 Å². The Morgan fingerprint density at radius 1 is 1.17 bits per heavy atom. The molecule has 1 aliphatic heterocycles. The molecule has 1 aromatic carbocycles. The van der Waals surface area contributed by atoms with Gasteiger partial charge in [-0.15, -0.1) is 0 Å². The summed E-state index contributed by atoms with van der Waals surface area (Å²) in [7, 11) is 0. The van der Waals surface area contributed by atoms with Gasteiger partial charge in [0.1, 0.15) is 0 Å². The number of ether oxygens (including phenoxy) is 1. The number of carboxylic acid groups (broad SMARTS) is 1. The highest BCUT2D eigenvalue weighted by atomic mass is 16.5. The van der Waals surface area contributed by atoms with E-state index < -0.39 is 6.09 Å². The Bertz CT molecular complexity index is 566. The molecule has 132 valence electrons. The maximum Gasteiger partial charge on any atom is 0.407 e. The number of hydrogen-bond acceptors (Lipinski definition) is 2. The predicted molar refractivity (Wildman–Crippen MR) is 93.9 cm³/mol. The van der Waals surface area contributed by atoms with Crippen molar-refractivity contribution in [3.05, 3.63) is 35.9 Å². The fourth-order valence-electron chi connectivity index (χ4n) is 4.57. The molecular weight excluding hydrogens is 302 g/mol. The molecule has 1 amide bonds. The average Bonchev–Trinajstić information content (AvgIpc) is 2.95. The summed E-state index contributed by atoms with van der Waals surface area (Å²) in [5.74, 6) is 0.336. The molecule has 4 unspecified atom stereocenters. The van der Waals surface area contributed by atoms with Gasteiger partial charge in [0.05, 0.1) is 12.7 Å². The number of fused-ring (bicyclic) bond motifs is 1. The fourth-order valence-corrected chi connectivity index (χ4v) is 4.57. The summed E-state index contributed by atoms with van der Waals surface area (Å²) >= 11 is 0. The zero-order valence-corrected chi connectivity index (χ0v) is 14.9. The summed E-state index contributed by atoms with van der Waals surface area (Å²) in [6.07, 6.45) is 3.29. The fraction of sp³-hybridized carbons (Fsp3) is 0.650. The third-order valence-electron chi connectivity index (χ3n) is 5.71. The van der Waals surface area contributed by atoms with E-state index in [1.807, 2.05) is 18.2 Å². The molecule has 0 bridgehead atoms. The molecule has 24 heavy (non-hydrogen) atoms. The van der Waals surface area contributed by atoms with Crippen LogP contribution in [0, 0.1) is 11.3 Å². The summed E-state index contributed by atoms with van der Waals surface area (Å²) in [6.45, 7) is 7.05. The molecule has 1 aliphatic carbocycles. The number of nitrogens with zero attached hydrogens (tertiary/aromatic N) is 1. The normalized spacial score (nSPS) is 30.2. The largest absolute Gasteiger partial charge is 0.465 e. The first-order valence-corrected chi connectivity index (χ1v) is 9.04. The van der Waals surface area contributed by atoms with Gasteiger partial charge in [-0.2, -0.15) is 0 Å². The molecule has 2 fully saturated rings. The van der Waals surface area contributed by atoms with E-state index in [1.165, 1.54) is 5.56 Å². The molecule has 0 radical (unpaired) electrons. The van der Waals surface area contributed by atoms with Crippen LogP contribution in [-0.2, 0) is 11.3 Å². The van der Waals surface area contributed by atoms with Crippen LogP contribution in [-0.4, -0.2) is 34.3 Å². The second-order valence-electron chi connectivity index (χ2n) is 8.29. The molecule has 2 aliphatic rings. The topological polar surface area (TPSA) is 49.8 Å². The van der Waals surface area contributed by atoms with Crippen molar-refractivity contribution in [2.75, 3.05) is 0 Å². The summed E-state index contributed by atoms with van der Waals surface area (Å²) in [5.41, 5.74) is 1.16. The lowest BCUT2D eigenvalue weighted by Crippen LogP contribution is -2.57. The van der Waals surface area contributed by atoms with Crippen molar-refractivity contribution in [2.45, 2.75) is 71.2 Å². The highest BCUT2D eigenvalue weighted by molar-refractivity contribution is 5.66. The number of benzene rings is 1. The molecule has 1 aromatic rings. The minimum atomic E-state index is -0.770. The van der Waals surface area contributed by atoms with E-state index >= 15 is 0 Å². The maximum absolute atomic E-state index is 11.9. The van der Waals surface area contributed by atoms with Crippen molar-refractivity contribution in [2.24, 2.45) is 11.3 Å². The Balaban J connectivity index is 1.69. The molecular formula is C20H29NO3. The Morgan fingerprint density at radius 2 is 1.88 bits per heavy atom. The highest BCUT2D eigenvalue weighted by Gasteiger charge is 2.49. The van der Waals surface area contributed by atoms with Crippen molar-refractivity contribution in [3.63, 3.8) is 0 Å². The Labute approximate surface area is 144 Å². The van der Waals surface area contributed by atoms with Crippen LogP contribution in [0.15, 0.2) is 30.3 Å². The number of likely N-dealkylation sites (tertiary alicyclic amines) is 1. The summed E-state index contributed by atoms with van der Waals surface area (Å²) < 4.78 is 6.19. The van der Waals surface area contributed by atoms with Gasteiger partial charge in [-0.3, -0.25) is 0 Å². The van der Waals surface area contributed by atoms with Gasteiger partial charge in [0.15, 0.2) is 0 Å². The third-order valence-corrected chi connectivity index (χ3v) is 5.71. The van der Waals surface area contributed by atoms with Crippen LogP contribution in [0.5, 0.6) is 0 Å². The smallest absolute Gasteiger partial charge is 0.407 e. The lowest BCUT2D eigenvalue weighted by atomic mass is 9.76. The van der Waals surface area contributed by atoms with Gasteiger partial charge in [0.25, 0.3) is 0 Å². The van der Waals surface area contributed by atoms with Gasteiger partial charge in [-0.1, -0.05) is 51.1 Å². The van der Waals surface area contributed by atoms with Gasteiger partial charge in [-0.05, 0) is 36.7 Å². The molecule has 1 saturated carbocycles. The lowest BCUT2D eigenvalue weighted by molar-refractivity contribution is -0.0401. The van der Waals surface area contributed by atoms with Crippen molar-refractivity contribution < 1.29 is 14.6 Å². The summed E-state index contributed by atoms with van der Waals surface area (Å²) in [5, 5.41) is 9.80. The Morgan fingerprint density at radius 3 is 2.50 bits per heavy atom. The van der Waals surface area contributed by atoms with E-state index in [0.717, 1.165) is 25.7 Å². The third kappa shape index (κ3) is 3.44. The first kappa shape index (κ1) is 17.3. The van der Waals surface area contributed by atoms with Crippen molar-refractivity contribution in [3.8, 4) is 0 Å². The SMILES string of the molecule is CC(C)(C)C1CCC2C(OCc3ccccc3)CCC2N1C(=O)O. The van der Waals surface area contributed by atoms with E-state index in [0.29, 0.717) is 12.5 Å². The van der Waals surface area contributed by atoms with Crippen LogP contribution < -0.4 is 0 Å². The van der Waals surface area contributed by atoms with E-state index in [9.17, 15) is 9.90 Å². The lowest BCUT2D eigenvalue weighted by Gasteiger charge is -2.48. The molecule has 3 rings (SSSR count). The van der Waals surface area contributed by atoms with Crippen LogP contribution in [0.1, 0.15) is 52.0 Å². The Hall–Kier alpha value is -1.55. The van der Waals surface area contributed by atoms with Crippen molar-refractivity contribution in [1.82, 2.24) is 4.90 Å². The van der Waals surface area contributed by atoms with Crippen LogP contribution in [0.2, 0.25) is 0 Å². The van der Waals surface area contributed by atoms with Crippen LogP contribution in [0.25, 0.3) is 0 Å². The second kappa shape index (κ2) is 6.75. The molecule has 1 heterocycles. The molecule has 0 aromatic heterocycles. The number of piperidine rings is 1. The van der Waals surface area contributed by atoms with E-state index in [-0.39, 0.29) is 23.6 Å². The van der Waals surface area contributed by atoms with Gasteiger partial charge in [0.2, 0.25) is 0 Å².